The third kappa shape index (κ3) is 7.20. The fourth-order valence-corrected chi connectivity index (χ4v) is 6.19. The largest absolute Gasteiger partial charge is 0.379 e. The van der Waals surface area contributed by atoms with Crippen LogP contribution < -0.4 is 10.6 Å². The van der Waals surface area contributed by atoms with E-state index in [1.54, 1.807) is 0 Å². The van der Waals surface area contributed by atoms with Gasteiger partial charge in [-0.1, -0.05) is 45.4 Å². The second-order valence-electron chi connectivity index (χ2n) is 11.5. The first-order valence-electron chi connectivity index (χ1n) is 15.6. The number of benzene rings is 2. The van der Waals surface area contributed by atoms with Gasteiger partial charge in [0, 0.05) is 30.5 Å². The van der Waals surface area contributed by atoms with Crippen molar-refractivity contribution in [3.8, 4) is 0 Å². The SMILES string of the molecule is C=C(NC)n1ccc2cc(Cc3ccnc(CNc4ccc(C5CCN(CC)CC5)cc4)c3)c(CCCCC)cc21. The number of piperidine rings is 1. The molecule has 0 unspecified atom stereocenters. The third-order valence-corrected chi connectivity index (χ3v) is 8.81. The minimum Gasteiger partial charge on any atom is -0.379 e. The van der Waals surface area contributed by atoms with E-state index in [0.717, 1.165) is 36.6 Å². The minimum atomic E-state index is 0.692. The van der Waals surface area contributed by atoms with Crippen molar-refractivity contribution in [3.63, 3.8) is 0 Å². The number of fused-ring (bicyclic) bond motifs is 1. The molecule has 0 saturated carbocycles. The summed E-state index contributed by atoms with van der Waals surface area (Å²) < 4.78 is 2.15. The van der Waals surface area contributed by atoms with Crippen LogP contribution in [0.3, 0.4) is 0 Å². The highest BCUT2D eigenvalue weighted by molar-refractivity contribution is 5.85. The topological polar surface area (TPSA) is 45.1 Å². The molecule has 1 saturated heterocycles. The van der Waals surface area contributed by atoms with E-state index in [9.17, 15) is 0 Å². The van der Waals surface area contributed by atoms with Gasteiger partial charge in [-0.05, 0) is 122 Å². The van der Waals surface area contributed by atoms with Crippen LogP contribution in [0.25, 0.3) is 16.7 Å². The molecule has 0 spiro atoms. The zero-order valence-corrected chi connectivity index (χ0v) is 25.3. The van der Waals surface area contributed by atoms with E-state index in [1.807, 2.05) is 13.2 Å². The summed E-state index contributed by atoms with van der Waals surface area (Å²) in [6.07, 6.45) is 12.3. The summed E-state index contributed by atoms with van der Waals surface area (Å²) in [5, 5.41) is 8.05. The van der Waals surface area contributed by atoms with Crippen molar-refractivity contribution in [1.29, 1.82) is 0 Å². The van der Waals surface area contributed by atoms with E-state index < -0.39 is 0 Å². The van der Waals surface area contributed by atoms with Crippen LogP contribution in [0.15, 0.2) is 73.6 Å². The Hall–Kier alpha value is -3.57. The summed E-state index contributed by atoms with van der Waals surface area (Å²) in [5.74, 6) is 1.59. The number of nitrogens with zero attached hydrogens (tertiary/aromatic N) is 3. The van der Waals surface area contributed by atoms with E-state index in [1.165, 1.54) is 84.9 Å². The highest BCUT2D eigenvalue weighted by Crippen LogP contribution is 2.29. The molecule has 0 bridgehead atoms. The van der Waals surface area contributed by atoms with Gasteiger partial charge in [0.1, 0.15) is 5.82 Å². The Morgan fingerprint density at radius 2 is 1.78 bits per heavy atom. The van der Waals surface area contributed by atoms with Crippen LogP contribution in [0, 0.1) is 0 Å². The number of aryl methyl sites for hydroxylation is 1. The number of unbranched alkanes of at least 4 members (excludes halogenated alkanes) is 2. The fourth-order valence-electron chi connectivity index (χ4n) is 6.19. The minimum absolute atomic E-state index is 0.692. The van der Waals surface area contributed by atoms with Crippen LogP contribution in [0.5, 0.6) is 0 Å². The van der Waals surface area contributed by atoms with Crippen LogP contribution in [0.4, 0.5) is 5.69 Å². The van der Waals surface area contributed by atoms with Crippen LogP contribution in [0.2, 0.25) is 0 Å². The maximum atomic E-state index is 4.68. The van der Waals surface area contributed by atoms with Gasteiger partial charge < -0.3 is 20.1 Å². The molecule has 1 aliphatic heterocycles. The predicted octanol–water partition coefficient (Wildman–Crippen LogP) is 7.82. The van der Waals surface area contributed by atoms with Crippen molar-refractivity contribution in [2.24, 2.45) is 0 Å². The lowest BCUT2D eigenvalue weighted by Gasteiger charge is -2.31. The van der Waals surface area contributed by atoms with Crippen LogP contribution in [0.1, 0.15) is 79.8 Å². The molecular formula is C36H47N5. The molecule has 4 aromatic rings. The molecule has 2 aromatic heterocycles. The predicted molar refractivity (Wildman–Crippen MR) is 174 cm³/mol. The second-order valence-corrected chi connectivity index (χ2v) is 11.5. The molecule has 216 valence electrons. The number of rotatable bonds is 13. The maximum absolute atomic E-state index is 4.68. The lowest BCUT2D eigenvalue weighted by molar-refractivity contribution is 0.222. The van der Waals surface area contributed by atoms with E-state index in [0.29, 0.717) is 5.92 Å². The Morgan fingerprint density at radius 3 is 2.51 bits per heavy atom. The average Bonchev–Trinajstić information content (AvgIpc) is 3.43. The Labute approximate surface area is 246 Å². The van der Waals surface area contributed by atoms with Gasteiger partial charge in [0.05, 0.1) is 17.8 Å². The molecule has 0 amide bonds. The van der Waals surface area contributed by atoms with Crippen LogP contribution in [-0.4, -0.2) is 41.1 Å². The zero-order valence-electron chi connectivity index (χ0n) is 25.3. The molecule has 5 rings (SSSR count). The molecule has 1 fully saturated rings. The first-order chi connectivity index (χ1) is 20.1. The number of hydrogen-bond acceptors (Lipinski definition) is 4. The summed E-state index contributed by atoms with van der Waals surface area (Å²) in [6, 6.07) is 20.5. The normalized spacial score (nSPS) is 14.4. The number of aromatic nitrogens is 2. The van der Waals surface area contributed by atoms with Gasteiger partial charge in [-0.2, -0.15) is 0 Å². The molecule has 2 N–H and O–H groups in total. The van der Waals surface area contributed by atoms with E-state index >= 15 is 0 Å². The van der Waals surface area contributed by atoms with Crippen molar-refractivity contribution < 1.29 is 0 Å². The number of likely N-dealkylation sites (tertiary alicyclic amines) is 1. The van der Waals surface area contributed by atoms with E-state index in [-0.39, 0.29) is 0 Å². The molecule has 0 aliphatic carbocycles. The van der Waals surface area contributed by atoms with Gasteiger partial charge >= 0.3 is 0 Å². The van der Waals surface area contributed by atoms with Gasteiger partial charge in [0.25, 0.3) is 0 Å². The number of pyridine rings is 1. The average molecular weight is 550 g/mol. The Morgan fingerprint density at radius 1 is 0.976 bits per heavy atom. The number of anilines is 1. The van der Waals surface area contributed by atoms with Gasteiger partial charge in [-0.25, -0.2) is 0 Å². The highest BCUT2D eigenvalue weighted by atomic mass is 15.1. The highest BCUT2D eigenvalue weighted by Gasteiger charge is 2.19. The number of hydrogen-bond donors (Lipinski definition) is 2. The van der Waals surface area contributed by atoms with E-state index in [4.69, 9.17) is 0 Å². The summed E-state index contributed by atoms with van der Waals surface area (Å²) in [4.78, 5) is 7.23. The molecule has 41 heavy (non-hydrogen) atoms. The first-order valence-corrected chi connectivity index (χ1v) is 15.6. The van der Waals surface area contributed by atoms with Crippen molar-refractivity contribution in [2.45, 2.75) is 71.3 Å². The second kappa shape index (κ2) is 13.9. The molecule has 1 aliphatic rings. The lowest BCUT2D eigenvalue weighted by Crippen LogP contribution is -2.32. The summed E-state index contributed by atoms with van der Waals surface area (Å²) in [5.41, 5.74) is 9.08. The first kappa shape index (κ1) is 28.9. The summed E-state index contributed by atoms with van der Waals surface area (Å²) in [7, 11) is 1.92. The molecular weight excluding hydrogens is 502 g/mol. The monoisotopic (exact) mass is 549 g/mol. The van der Waals surface area contributed by atoms with Crippen molar-refractivity contribution >= 4 is 22.4 Å². The number of nitrogens with one attached hydrogen (secondary N) is 2. The quantitative estimate of drug-likeness (QED) is 0.167. The van der Waals surface area contributed by atoms with Crippen molar-refractivity contribution in [2.75, 3.05) is 32.0 Å². The van der Waals surface area contributed by atoms with Gasteiger partial charge in [0.2, 0.25) is 0 Å². The Bertz CT molecular complexity index is 1430. The standard InChI is InChI=1S/C36H47N5/c1-5-7-8-9-31-25-36-32(17-21-41(36)27(3)37-4)24-33(31)22-28-14-18-38-35(23-28)26-39-34-12-10-29(11-13-34)30-15-19-40(6-2)20-16-30/h10-14,17-18,21,23-25,30,37,39H,3,5-9,15-16,19-20,22,26H2,1-2,4H3. The zero-order chi connectivity index (χ0) is 28.6. The van der Waals surface area contributed by atoms with Gasteiger partial charge in [-0.15, -0.1) is 0 Å². The molecule has 5 nitrogen and oxygen atoms in total. The lowest BCUT2D eigenvalue weighted by atomic mass is 9.89. The maximum Gasteiger partial charge on any atom is 0.102 e. The fraction of sp³-hybridized carbons (Fsp3) is 0.417. The van der Waals surface area contributed by atoms with Crippen molar-refractivity contribution in [3.05, 3.63) is 102 Å². The molecule has 0 atom stereocenters. The Kier molecular flexibility index (Phi) is 9.79. The third-order valence-electron chi connectivity index (χ3n) is 8.81. The van der Waals surface area contributed by atoms with E-state index in [2.05, 4.69) is 106 Å². The molecule has 0 radical (unpaired) electrons. The van der Waals surface area contributed by atoms with Gasteiger partial charge in [-0.3, -0.25) is 4.98 Å². The summed E-state index contributed by atoms with van der Waals surface area (Å²) >= 11 is 0. The molecule has 5 heteroatoms. The van der Waals surface area contributed by atoms with Crippen molar-refractivity contribution in [1.82, 2.24) is 19.8 Å². The smallest absolute Gasteiger partial charge is 0.102 e. The molecule has 2 aromatic carbocycles. The molecule has 3 heterocycles. The Balaban J connectivity index is 1.26. The van der Waals surface area contributed by atoms with Crippen LogP contribution in [-0.2, 0) is 19.4 Å². The van der Waals surface area contributed by atoms with Crippen LogP contribution >= 0.6 is 0 Å². The summed E-state index contributed by atoms with van der Waals surface area (Å²) in [6.45, 7) is 13.0. The van der Waals surface area contributed by atoms with Gasteiger partial charge in [0.15, 0.2) is 0 Å².